The molecule has 0 radical (unpaired) electrons. The summed E-state index contributed by atoms with van der Waals surface area (Å²) in [6.07, 6.45) is 15.5. The van der Waals surface area contributed by atoms with Gasteiger partial charge in [-0.15, -0.1) is 0 Å². The van der Waals surface area contributed by atoms with Crippen molar-refractivity contribution >= 4 is 5.97 Å². The number of hydrogen-bond donors (Lipinski definition) is 0. The Morgan fingerprint density at radius 3 is 2.68 bits per heavy atom. The summed E-state index contributed by atoms with van der Waals surface area (Å²) in [6, 6.07) is 0. The van der Waals surface area contributed by atoms with Crippen LogP contribution >= 0.6 is 0 Å². The zero-order valence-corrected chi connectivity index (χ0v) is 16.7. The predicted octanol–water partition coefficient (Wildman–Crippen LogP) is 6.05. The highest BCUT2D eigenvalue weighted by atomic mass is 16.5. The van der Waals surface area contributed by atoms with Crippen molar-refractivity contribution in [2.24, 2.45) is 28.1 Å². The maximum absolute atomic E-state index is 11.4. The standard InChI is InChI=1S/C23H36O2/c1-16-9-11-22(4)20-8-7-18-14-19(25-17(2)24)6-5-10-23(20,15-18)13-12-21(16,22)3/h7,16,19-20H,5-6,8-15H2,1-4H3. The molecule has 140 valence electrons. The van der Waals surface area contributed by atoms with Crippen molar-refractivity contribution in [1.29, 1.82) is 0 Å². The van der Waals surface area contributed by atoms with Crippen molar-refractivity contribution in [2.45, 2.75) is 98.0 Å². The van der Waals surface area contributed by atoms with E-state index < -0.39 is 0 Å². The van der Waals surface area contributed by atoms with E-state index in [1.165, 1.54) is 51.4 Å². The summed E-state index contributed by atoms with van der Waals surface area (Å²) in [7, 11) is 0. The Labute approximate surface area is 153 Å². The largest absolute Gasteiger partial charge is 0.462 e. The minimum Gasteiger partial charge on any atom is -0.462 e. The number of esters is 1. The lowest BCUT2D eigenvalue weighted by molar-refractivity contribution is -0.148. The van der Waals surface area contributed by atoms with E-state index in [2.05, 4.69) is 26.8 Å². The molecule has 0 aromatic rings. The summed E-state index contributed by atoms with van der Waals surface area (Å²) >= 11 is 0. The Bertz CT molecular complexity index is 593. The quantitative estimate of drug-likeness (QED) is 0.427. The van der Waals surface area contributed by atoms with Gasteiger partial charge in [-0.1, -0.05) is 32.4 Å². The molecule has 2 nitrogen and oxygen atoms in total. The van der Waals surface area contributed by atoms with E-state index in [1.54, 1.807) is 12.5 Å². The molecule has 25 heavy (non-hydrogen) atoms. The maximum atomic E-state index is 11.4. The molecule has 0 heterocycles. The van der Waals surface area contributed by atoms with Crippen LogP contribution in [0.2, 0.25) is 0 Å². The van der Waals surface area contributed by atoms with Crippen LogP contribution < -0.4 is 0 Å². The van der Waals surface area contributed by atoms with Gasteiger partial charge in [0.1, 0.15) is 6.10 Å². The van der Waals surface area contributed by atoms with Gasteiger partial charge in [0.2, 0.25) is 0 Å². The molecule has 2 heteroatoms. The van der Waals surface area contributed by atoms with Crippen molar-refractivity contribution in [3.8, 4) is 0 Å². The molecular formula is C23H36O2. The van der Waals surface area contributed by atoms with Crippen LogP contribution in [0.5, 0.6) is 0 Å². The summed E-state index contributed by atoms with van der Waals surface area (Å²) < 4.78 is 5.59. The van der Waals surface area contributed by atoms with Crippen molar-refractivity contribution in [2.75, 3.05) is 0 Å². The second-order valence-corrected chi connectivity index (χ2v) is 10.3. The molecule has 0 saturated heterocycles. The molecule has 0 aromatic heterocycles. The van der Waals surface area contributed by atoms with Crippen LogP contribution in [0.4, 0.5) is 0 Å². The van der Waals surface area contributed by atoms with Crippen LogP contribution in [0.25, 0.3) is 0 Å². The Morgan fingerprint density at radius 1 is 1.12 bits per heavy atom. The van der Waals surface area contributed by atoms with Crippen molar-refractivity contribution in [3.05, 3.63) is 11.6 Å². The highest BCUT2D eigenvalue weighted by Crippen LogP contribution is 2.72. The minimum atomic E-state index is -0.115. The van der Waals surface area contributed by atoms with Gasteiger partial charge in [0.25, 0.3) is 0 Å². The number of allylic oxidation sites excluding steroid dienone is 1. The predicted molar refractivity (Wildman–Crippen MR) is 101 cm³/mol. The zero-order valence-electron chi connectivity index (χ0n) is 16.7. The Balaban J connectivity index is 1.63. The summed E-state index contributed by atoms with van der Waals surface area (Å²) in [5, 5.41) is 0. The number of rotatable bonds is 1. The molecule has 0 N–H and O–H groups in total. The molecule has 4 aliphatic rings. The van der Waals surface area contributed by atoms with Gasteiger partial charge in [-0.3, -0.25) is 4.79 Å². The second-order valence-electron chi connectivity index (χ2n) is 10.3. The van der Waals surface area contributed by atoms with Gasteiger partial charge >= 0.3 is 5.97 Å². The summed E-state index contributed by atoms with van der Waals surface area (Å²) in [6.45, 7) is 9.31. The number of carbonyl (C=O) groups is 1. The third-order valence-electron chi connectivity index (χ3n) is 9.38. The molecule has 3 fully saturated rings. The van der Waals surface area contributed by atoms with Crippen LogP contribution in [-0.4, -0.2) is 12.1 Å². The molecule has 0 aliphatic heterocycles. The molecule has 3 saturated carbocycles. The maximum Gasteiger partial charge on any atom is 0.302 e. The van der Waals surface area contributed by atoms with E-state index in [-0.39, 0.29) is 12.1 Å². The van der Waals surface area contributed by atoms with E-state index >= 15 is 0 Å². The lowest BCUT2D eigenvalue weighted by atomic mass is 9.42. The Kier molecular flexibility index (Phi) is 4.13. The van der Waals surface area contributed by atoms with Gasteiger partial charge in [-0.25, -0.2) is 0 Å². The monoisotopic (exact) mass is 344 g/mol. The van der Waals surface area contributed by atoms with E-state index in [9.17, 15) is 4.79 Å². The highest BCUT2D eigenvalue weighted by molar-refractivity contribution is 5.66. The Hall–Kier alpha value is -0.790. The van der Waals surface area contributed by atoms with E-state index in [0.717, 1.165) is 24.7 Å². The van der Waals surface area contributed by atoms with Crippen LogP contribution in [0.1, 0.15) is 91.9 Å². The fourth-order valence-electron chi connectivity index (χ4n) is 7.63. The SMILES string of the molecule is CC(=O)OC1CCCC23CCC4(C)C(C)CCC4(C)C2CC=C(C1)C3. The smallest absolute Gasteiger partial charge is 0.302 e. The lowest BCUT2D eigenvalue weighted by Gasteiger charge is -2.63. The molecule has 4 aliphatic carbocycles. The Morgan fingerprint density at radius 2 is 1.92 bits per heavy atom. The van der Waals surface area contributed by atoms with Gasteiger partial charge in [0, 0.05) is 13.3 Å². The third-order valence-corrected chi connectivity index (χ3v) is 9.38. The van der Waals surface area contributed by atoms with Crippen molar-refractivity contribution in [3.63, 3.8) is 0 Å². The summed E-state index contributed by atoms with van der Waals surface area (Å²) in [4.78, 5) is 11.4. The number of fused-ring (bicyclic) bond motifs is 3. The average molecular weight is 345 g/mol. The van der Waals surface area contributed by atoms with Crippen LogP contribution in [0, 0.1) is 28.1 Å². The fraction of sp³-hybridized carbons (Fsp3) is 0.870. The van der Waals surface area contributed by atoms with Crippen LogP contribution in [-0.2, 0) is 9.53 Å². The topological polar surface area (TPSA) is 26.3 Å². The first kappa shape index (κ1) is 17.6. The fourth-order valence-corrected chi connectivity index (χ4v) is 7.63. The van der Waals surface area contributed by atoms with Gasteiger partial charge in [0.15, 0.2) is 0 Å². The van der Waals surface area contributed by atoms with E-state index in [0.29, 0.717) is 16.2 Å². The van der Waals surface area contributed by atoms with E-state index in [4.69, 9.17) is 4.74 Å². The molecule has 6 unspecified atom stereocenters. The van der Waals surface area contributed by atoms with Crippen LogP contribution in [0.3, 0.4) is 0 Å². The lowest BCUT2D eigenvalue weighted by Crippen LogP contribution is -2.55. The van der Waals surface area contributed by atoms with Crippen molar-refractivity contribution < 1.29 is 9.53 Å². The molecular weight excluding hydrogens is 308 g/mol. The van der Waals surface area contributed by atoms with E-state index in [1.807, 2.05) is 0 Å². The van der Waals surface area contributed by atoms with Gasteiger partial charge in [-0.2, -0.15) is 0 Å². The van der Waals surface area contributed by atoms with Gasteiger partial charge < -0.3 is 4.74 Å². The molecule has 2 bridgehead atoms. The summed E-state index contributed by atoms with van der Waals surface area (Å²) in [5.41, 5.74) is 3.17. The molecule has 6 atom stereocenters. The normalized spacial score (nSPS) is 49.3. The highest BCUT2D eigenvalue weighted by Gasteiger charge is 2.64. The third kappa shape index (κ3) is 2.53. The number of carbonyl (C=O) groups excluding carboxylic acids is 1. The van der Waals surface area contributed by atoms with Crippen LogP contribution in [0.15, 0.2) is 11.6 Å². The molecule has 1 spiro atoms. The average Bonchev–Trinajstić information content (AvgIpc) is 2.77. The zero-order chi connectivity index (χ0) is 17.9. The first-order valence-corrected chi connectivity index (χ1v) is 10.6. The first-order valence-electron chi connectivity index (χ1n) is 10.6. The summed E-state index contributed by atoms with van der Waals surface area (Å²) in [5.74, 6) is 1.62. The minimum absolute atomic E-state index is 0.115. The molecule has 4 rings (SSSR count). The second kappa shape index (κ2) is 5.86. The van der Waals surface area contributed by atoms with Gasteiger partial charge in [-0.05, 0) is 85.9 Å². The number of hydrogen-bond acceptors (Lipinski definition) is 2. The number of ether oxygens (including phenoxy) is 1. The van der Waals surface area contributed by atoms with Gasteiger partial charge in [0.05, 0.1) is 0 Å². The first-order chi connectivity index (χ1) is 11.8. The van der Waals surface area contributed by atoms with Crippen molar-refractivity contribution in [1.82, 2.24) is 0 Å². The molecule has 0 amide bonds. The molecule has 0 aromatic carbocycles.